The Labute approximate surface area is 158 Å². The van der Waals surface area contributed by atoms with Crippen molar-refractivity contribution in [3.8, 4) is 22.8 Å². The van der Waals surface area contributed by atoms with Crippen molar-refractivity contribution in [1.29, 1.82) is 0 Å². The Bertz CT molecular complexity index is 1080. The van der Waals surface area contributed by atoms with Gasteiger partial charge in [0, 0.05) is 5.56 Å². The molecule has 3 aromatic rings. The van der Waals surface area contributed by atoms with Gasteiger partial charge in [-0.3, -0.25) is 4.79 Å². The van der Waals surface area contributed by atoms with Gasteiger partial charge in [-0.05, 0) is 61.8 Å². The molecule has 0 amide bonds. The summed E-state index contributed by atoms with van der Waals surface area (Å²) < 4.78 is 35.9. The number of aromatic amines is 2. The van der Waals surface area contributed by atoms with Crippen molar-refractivity contribution in [2.75, 3.05) is 0 Å². The molecule has 0 unspecified atom stereocenters. The van der Waals surface area contributed by atoms with E-state index in [0.717, 1.165) is 48.9 Å². The number of hydrogen-bond acceptors (Lipinski definition) is 4. The molecule has 0 radical (unpaired) electrons. The summed E-state index contributed by atoms with van der Waals surface area (Å²) in [6.07, 6.45) is 6.51. The zero-order valence-corrected chi connectivity index (χ0v) is 15.0. The minimum absolute atomic E-state index is 0.0185. The van der Waals surface area contributed by atoms with E-state index in [9.17, 15) is 13.6 Å². The standard InChI is InChI=1S/C20H19F2N3O3/c21-20(22)28-15-6-3-11(8-16(15)27-12-4-5-12)18-13(7-10-1-2-10)17-14(24-18)9-23-25-19(17)26/h3,6,8-10,12,20,24H,1-2,4-5,7H2,(H,25,26). The average molecular weight is 387 g/mol. The maximum atomic E-state index is 12.7. The molecule has 0 saturated heterocycles. The highest BCUT2D eigenvalue weighted by Gasteiger charge is 2.28. The molecular weight excluding hydrogens is 368 g/mol. The number of halogens is 2. The molecule has 0 aliphatic heterocycles. The van der Waals surface area contributed by atoms with E-state index in [4.69, 9.17) is 4.74 Å². The van der Waals surface area contributed by atoms with E-state index >= 15 is 0 Å². The summed E-state index contributed by atoms with van der Waals surface area (Å²) in [6.45, 7) is -2.92. The maximum Gasteiger partial charge on any atom is 0.387 e. The van der Waals surface area contributed by atoms with Crippen molar-refractivity contribution in [3.05, 3.63) is 40.3 Å². The summed E-state index contributed by atoms with van der Waals surface area (Å²) in [5, 5.41) is 6.97. The quantitative estimate of drug-likeness (QED) is 0.642. The molecule has 2 aliphatic carbocycles. The number of rotatable bonds is 7. The predicted octanol–water partition coefficient (Wildman–Crippen LogP) is 4.01. The summed E-state index contributed by atoms with van der Waals surface area (Å²) >= 11 is 0. The first-order valence-electron chi connectivity index (χ1n) is 9.42. The van der Waals surface area contributed by atoms with E-state index in [2.05, 4.69) is 19.9 Å². The SMILES string of the molecule is O=c1[nH]ncc2[nH]c(-c3ccc(OC(F)F)c(OC4CC4)c3)c(CC3CC3)c12. The molecule has 146 valence electrons. The fourth-order valence-corrected chi connectivity index (χ4v) is 3.50. The molecule has 2 N–H and O–H groups in total. The number of nitrogens with one attached hydrogen (secondary N) is 2. The lowest BCUT2D eigenvalue weighted by molar-refractivity contribution is -0.0516. The Morgan fingerprint density at radius 1 is 1.18 bits per heavy atom. The summed E-state index contributed by atoms with van der Waals surface area (Å²) in [4.78, 5) is 15.7. The first kappa shape index (κ1) is 17.2. The van der Waals surface area contributed by atoms with Crippen LogP contribution in [0.1, 0.15) is 31.2 Å². The van der Waals surface area contributed by atoms with Crippen LogP contribution in [0.3, 0.4) is 0 Å². The summed E-state index contributed by atoms with van der Waals surface area (Å²) in [5.74, 6) is 0.877. The average Bonchev–Trinajstić information content (AvgIpc) is 3.57. The molecule has 2 saturated carbocycles. The number of fused-ring (bicyclic) bond motifs is 1. The van der Waals surface area contributed by atoms with Gasteiger partial charge in [0.05, 0.1) is 28.9 Å². The summed E-state index contributed by atoms with van der Waals surface area (Å²) in [5.41, 5.74) is 2.92. The lowest BCUT2D eigenvalue weighted by Gasteiger charge is -2.14. The molecule has 8 heteroatoms. The van der Waals surface area contributed by atoms with Gasteiger partial charge in [-0.2, -0.15) is 13.9 Å². The van der Waals surface area contributed by atoms with Crippen molar-refractivity contribution in [2.45, 2.75) is 44.8 Å². The van der Waals surface area contributed by atoms with Crippen LogP contribution >= 0.6 is 0 Å². The molecule has 5 rings (SSSR count). The lowest BCUT2D eigenvalue weighted by Crippen LogP contribution is -2.08. The Morgan fingerprint density at radius 2 is 2.00 bits per heavy atom. The van der Waals surface area contributed by atoms with Crippen molar-refractivity contribution < 1.29 is 18.3 Å². The number of aromatic nitrogens is 3. The van der Waals surface area contributed by atoms with Gasteiger partial charge in [-0.25, -0.2) is 5.10 Å². The second-order valence-corrected chi connectivity index (χ2v) is 7.47. The van der Waals surface area contributed by atoms with Gasteiger partial charge in [0.2, 0.25) is 0 Å². The third-order valence-electron chi connectivity index (χ3n) is 5.18. The summed E-state index contributed by atoms with van der Waals surface area (Å²) in [6, 6.07) is 4.91. The van der Waals surface area contributed by atoms with Crippen LogP contribution in [0.15, 0.2) is 29.2 Å². The normalized spacial score (nSPS) is 16.7. The first-order valence-corrected chi connectivity index (χ1v) is 9.42. The number of ether oxygens (including phenoxy) is 2. The highest BCUT2D eigenvalue weighted by molar-refractivity contribution is 5.90. The van der Waals surface area contributed by atoms with Gasteiger partial charge < -0.3 is 14.5 Å². The smallest absolute Gasteiger partial charge is 0.387 e. The number of hydrogen-bond donors (Lipinski definition) is 2. The van der Waals surface area contributed by atoms with E-state index in [0.29, 0.717) is 22.6 Å². The fourth-order valence-electron chi connectivity index (χ4n) is 3.50. The van der Waals surface area contributed by atoms with Gasteiger partial charge >= 0.3 is 6.61 Å². The van der Waals surface area contributed by atoms with E-state index in [1.54, 1.807) is 18.3 Å². The van der Waals surface area contributed by atoms with Crippen LogP contribution in [0.5, 0.6) is 11.5 Å². The molecule has 2 aliphatic rings. The van der Waals surface area contributed by atoms with Crippen molar-refractivity contribution >= 4 is 10.9 Å². The molecule has 0 atom stereocenters. The first-order chi connectivity index (χ1) is 13.6. The van der Waals surface area contributed by atoms with Crippen LogP contribution in [-0.2, 0) is 6.42 Å². The fraction of sp³-hybridized carbons (Fsp3) is 0.400. The zero-order chi connectivity index (χ0) is 19.3. The number of H-pyrrole nitrogens is 2. The number of nitrogens with zero attached hydrogens (tertiary/aromatic N) is 1. The van der Waals surface area contributed by atoms with E-state index in [-0.39, 0.29) is 17.4 Å². The highest BCUT2D eigenvalue weighted by Crippen LogP contribution is 2.41. The van der Waals surface area contributed by atoms with Gasteiger partial charge in [0.15, 0.2) is 11.5 Å². The maximum absolute atomic E-state index is 12.7. The van der Waals surface area contributed by atoms with Gasteiger partial charge in [0.25, 0.3) is 5.56 Å². The molecular formula is C20H19F2N3O3. The van der Waals surface area contributed by atoms with Gasteiger partial charge in [-0.15, -0.1) is 0 Å². The zero-order valence-electron chi connectivity index (χ0n) is 15.0. The van der Waals surface area contributed by atoms with Gasteiger partial charge in [-0.1, -0.05) is 0 Å². The van der Waals surface area contributed by atoms with Crippen molar-refractivity contribution in [2.24, 2.45) is 5.92 Å². The second kappa shape index (κ2) is 6.61. The molecule has 2 fully saturated rings. The Hall–Kier alpha value is -2.90. The molecule has 0 bridgehead atoms. The minimum Gasteiger partial charge on any atom is -0.487 e. The van der Waals surface area contributed by atoms with E-state index in [1.165, 1.54) is 6.07 Å². The molecule has 2 aromatic heterocycles. The van der Waals surface area contributed by atoms with Crippen LogP contribution in [0.25, 0.3) is 22.2 Å². The third kappa shape index (κ3) is 3.34. The molecule has 2 heterocycles. The van der Waals surface area contributed by atoms with Gasteiger partial charge in [0.1, 0.15) is 0 Å². The molecule has 1 aromatic carbocycles. The predicted molar refractivity (Wildman–Crippen MR) is 98.9 cm³/mol. The molecule has 6 nitrogen and oxygen atoms in total. The van der Waals surface area contributed by atoms with E-state index < -0.39 is 6.61 Å². The number of benzene rings is 1. The van der Waals surface area contributed by atoms with Crippen LogP contribution in [-0.4, -0.2) is 27.9 Å². The van der Waals surface area contributed by atoms with Crippen LogP contribution in [0, 0.1) is 5.92 Å². The largest absolute Gasteiger partial charge is 0.487 e. The minimum atomic E-state index is -2.92. The van der Waals surface area contributed by atoms with Crippen LogP contribution in [0.4, 0.5) is 8.78 Å². The Morgan fingerprint density at radius 3 is 2.71 bits per heavy atom. The highest BCUT2D eigenvalue weighted by atomic mass is 19.3. The van der Waals surface area contributed by atoms with Crippen molar-refractivity contribution in [1.82, 2.24) is 15.2 Å². The monoisotopic (exact) mass is 387 g/mol. The topological polar surface area (TPSA) is 80.0 Å². The molecule has 28 heavy (non-hydrogen) atoms. The Kier molecular flexibility index (Phi) is 4.07. The van der Waals surface area contributed by atoms with E-state index in [1.807, 2.05) is 0 Å². The lowest BCUT2D eigenvalue weighted by atomic mass is 10.0. The van der Waals surface area contributed by atoms with Crippen LogP contribution < -0.4 is 15.0 Å². The molecule has 0 spiro atoms. The number of alkyl halides is 2. The van der Waals surface area contributed by atoms with Crippen LogP contribution in [0.2, 0.25) is 0 Å². The Balaban J connectivity index is 1.62. The van der Waals surface area contributed by atoms with Crippen molar-refractivity contribution in [3.63, 3.8) is 0 Å². The second-order valence-electron chi connectivity index (χ2n) is 7.47. The summed E-state index contributed by atoms with van der Waals surface area (Å²) in [7, 11) is 0. The third-order valence-corrected chi connectivity index (χ3v) is 5.18.